The highest BCUT2D eigenvalue weighted by molar-refractivity contribution is 9.10. The second-order valence-electron chi connectivity index (χ2n) is 4.08. The first-order valence-corrected chi connectivity index (χ1v) is 6.58. The van der Waals surface area contributed by atoms with E-state index in [2.05, 4.69) is 21.2 Å². The molecule has 1 unspecified atom stereocenters. The van der Waals surface area contributed by atoms with Crippen LogP contribution in [0.4, 0.5) is 8.78 Å². The molecule has 0 aromatic heterocycles. The van der Waals surface area contributed by atoms with Crippen molar-refractivity contribution >= 4 is 15.9 Å². The number of likely N-dealkylation sites (N-methyl/N-ethyl adjacent to an activating group) is 1. The summed E-state index contributed by atoms with van der Waals surface area (Å²) in [6.45, 7) is 0.658. The van der Waals surface area contributed by atoms with Crippen LogP contribution in [0.3, 0.4) is 0 Å². The number of nitrogens with one attached hydrogen (secondary N) is 1. The maximum Gasteiger partial charge on any atom is 0.173 e. The highest BCUT2D eigenvalue weighted by atomic mass is 79.9. The fraction of sp³-hybridized carbons (Fsp3) is 0.385. The van der Waals surface area contributed by atoms with Crippen molar-refractivity contribution in [2.75, 3.05) is 13.7 Å². The summed E-state index contributed by atoms with van der Waals surface area (Å²) < 4.78 is 32.4. The Balaban J connectivity index is 2.39. The van der Waals surface area contributed by atoms with Gasteiger partial charge in [0.15, 0.2) is 11.6 Å². The standard InChI is InChI=1S/C13H14BrF2NO/c1-17-13(10-4-2-3-7-18-10)8-5-6-9(15)12(16)11(8)14/h4-6,13,17H,2-3,7H2,1H3. The molecule has 1 atom stereocenters. The van der Waals surface area contributed by atoms with E-state index >= 15 is 0 Å². The molecule has 0 amide bonds. The molecule has 0 saturated heterocycles. The highest BCUT2D eigenvalue weighted by Crippen LogP contribution is 2.33. The lowest BCUT2D eigenvalue weighted by atomic mass is 10.0. The molecular formula is C13H14BrF2NO. The summed E-state index contributed by atoms with van der Waals surface area (Å²) in [6, 6.07) is 2.42. The van der Waals surface area contributed by atoms with Gasteiger partial charge in [0.25, 0.3) is 0 Å². The lowest BCUT2D eigenvalue weighted by Gasteiger charge is -2.24. The summed E-state index contributed by atoms with van der Waals surface area (Å²) >= 11 is 3.10. The first-order valence-electron chi connectivity index (χ1n) is 5.78. The van der Waals surface area contributed by atoms with Gasteiger partial charge in [-0.1, -0.05) is 6.07 Å². The number of ether oxygens (including phenoxy) is 1. The Morgan fingerprint density at radius 1 is 1.39 bits per heavy atom. The number of halogens is 3. The molecule has 0 saturated carbocycles. The Morgan fingerprint density at radius 3 is 2.78 bits per heavy atom. The molecule has 0 radical (unpaired) electrons. The second-order valence-corrected chi connectivity index (χ2v) is 4.88. The molecule has 2 rings (SSSR count). The molecule has 18 heavy (non-hydrogen) atoms. The topological polar surface area (TPSA) is 21.3 Å². The fourth-order valence-electron chi connectivity index (χ4n) is 1.99. The van der Waals surface area contributed by atoms with Crippen LogP contribution in [-0.4, -0.2) is 13.7 Å². The van der Waals surface area contributed by atoms with Crippen molar-refractivity contribution in [3.63, 3.8) is 0 Å². The van der Waals surface area contributed by atoms with Gasteiger partial charge in [0.2, 0.25) is 0 Å². The molecule has 1 heterocycles. The van der Waals surface area contributed by atoms with Gasteiger partial charge in [0.1, 0.15) is 5.76 Å². The van der Waals surface area contributed by atoms with Gasteiger partial charge < -0.3 is 10.1 Å². The molecule has 5 heteroatoms. The maximum absolute atomic E-state index is 13.5. The summed E-state index contributed by atoms with van der Waals surface area (Å²) in [5.41, 5.74) is 0.629. The van der Waals surface area contributed by atoms with Crippen LogP contribution in [0.25, 0.3) is 0 Å². The minimum Gasteiger partial charge on any atom is -0.496 e. The van der Waals surface area contributed by atoms with Crippen LogP contribution >= 0.6 is 15.9 Å². The molecule has 1 aromatic rings. The first-order chi connectivity index (χ1) is 8.65. The molecular weight excluding hydrogens is 304 g/mol. The lowest BCUT2D eigenvalue weighted by Crippen LogP contribution is -2.22. The van der Waals surface area contributed by atoms with Crippen LogP contribution in [0, 0.1) is 11.6 Å². The van der Waals surface area contributed by atoms with E-state index in [-0.39, 0.29) is 10.5 Å². The van der Waals surface area contributed by atoms with Crippen molar-refractivity contribution in [2.24, 2.45) is 0 Å². The number of hydrogen-bond donors (Lipinski definition) is 1. The molecule has 1 aromatic carbocycles. The highest BCUT2D eigenvalue weighted by Gasteiger charge is 2.23. The van der Waals surface area contributed by atoms with Crippen molar-refractivity contribution in [1.29, 1.82) is 0 Å². The van der Waals surface area contributed by atoms with E-state index < -0.39 is 11.6 Å². The Bertz CT molecular complexity index is 476. The monoisotopic (exact) mass is 317 g/mol. The SMILES string of the molecule is CNC(C1=CCCCO1)c1ccc(F)c(F)c1Br. The second kappa shape index (κ2) is 5.80. The van der Waals surface area contributed by atoms with Crippen LogP contribution in [0.15, 0.2) is 28.4 Å². The van der Waals surface area contributed by atoms with E-state index in [0.29, 0.717) is 12.2 Å². The van der Waals surface area contributed by atoms with Crippen molar-refractivity contribution in [2.45, 2.75) is 18.9 Å². The maximum atomic E-state index is 13.5. The van der Waals surface area contributed by atoms with E-state index in [1.165, 1.54) is 0 Å². The smallest absolute Gasteiger partial charge is 0.173 e. The van der Waals surface area contributed by atoms with Gasteiger partial charge in [-0.3, -0.25) is 0 Å². The van der Waals surface area contributed by atoms with Gasteiger partial charge >= 0.3 is 0 Å². The van der Waals surface area contributed by atoms with Crippen LogP contribution in [0.2, 0.25) is 0 Å². The molecule has 98 valence electrons. The van der Waals surface area contributed by atoms with Crippen LogP contribution < -0.4 is 5.32 Å². The number of hydrogen-bond acceptors (Lipinski definition) is 2. The minimum absolute atomic E-state index is 0.136. The molecule has 1 aliphatic heterocycles. The van der Waals surface area contributed by atoms with Crippen molar-refractivity contribution in [3.05, 3.63) is 45.6 Å². The van der Waals surface area contributed by atoms with Gasteiger partial charge in [-0.2, -0.15) is 0 Å². The van der Waals surface area contributed by atoms with Crippen LogP contribution in [0.1, 0.15) is 24.4 Å². The van der Waals surface area contributed by atoms with Crippen LogP contribution in [0.5, 0.6) is 0 Å². The summed E-state index contributed by atoms with van der Waals surface area (Å²) in [7, 11) is 1.76. The molecule has 0 fully saturated rings. The van der Waals surface area contributed by atoms with Gasteiger partial charge in [-0.05, 0) is 53.5 Å². The fourth-order valence-corrected chi connectivity index (χ4v) is 2.54. The number of benzene rings is 1. The van der Waals surface area contributed by atoms with E-state index in [9.17, 15) is 8.78 Å². The van der Waals surface area contributed by atoms with E-state index in [0.717, 1.165) is 24.7 Å². The molecule has 1 aliphatic rings. The predicted molar refractivity (Wildman–Crippen MR) is 69.1 cm³/mol. The first kappa shape index (κ1) is 13.5. The number of rotatable bonds is 3. The normalized spacial score (nSPS) is 17.0. The summed E-state index contributed by atoms with van der Waals surface area (Å²) in [5.74, 6) is -0.973. The van der Waals surface area contributed by atoms with Gasteiger partial charge in [0, 0.05) is 0 Å². The van der Waals surface area contributed by atoms with Gasteiger partial charge in [-0.15, -0.1) is 0 Å². The third-order valence-corrected chi connectivity index (χ3v) is 3.72. The third-order valence-electron chi connectivity index (χ3n) is 2.91. The zero-order valence-electron chi connectivity index (χ0n) is 9.97. The minimum atomic E-state index is -0.871. The molecule has 0 aliphatic carbocycles. The average Bonchev–Trinajstić information content (AvgIpc) is 2.41. The lowest BCUT2D eigenvalue weighted by molar-refractivity contribution is 0.169. The van der Waals surface area contributed by atoms with Crippen molar-refractivity contribution in [3.8, 4) is 0 Å². The van der Waals surface area contributed by atoms with Gasteiger partial charge in [-0.25, -0.2) is 8.78 Å². The zero-order valence-corrected chi connectivity index (χ0v) is 11.6. The molecule has 1 N–H and O–H groups in total. The Morgan fingerprint density at radius 2 is 2.17 bits per heavy atom. The van der Waals surface area contributed by atoms with Gasteiger partial charge in [0.05, 0.1) is 17.1 Å². The van der Waals surface area contributed by atoms with Crippen molar-refractivity contribution < 1.29 is 13.5 Å². The predicted octanol–water partition coefficient (Wildman–Crippen LogP) is 3.68. The Labute approximate surface area is 113 Å². The average molecular weight is 318 g/mol. The zero-order chi connectivity index (χ0) is 13.1. The largest absolute Gasteiger partial charge is 0.496 e. The summed E-state index contributed by atoms with van der Waals surface area (Å²) in [4.78, 5) is 0. The number of allylic oxidation sites excluding steroid dienone is 1. The Kier molecular flexibility index (Phi) is 4.35. The third kappa shape index (κ3) is 2.57. The molecule has 2 nitrogen and oxygen atoms in total. The molecule has 0 bridgehead atoms. The Hall–Kier alpha value is -0.940. The van der Waals surface area contributed by atoms with E-state index in [1.807, 2.05) is 6.08 Å². The van der Waals surface area contributed by atoms with E-state index in [4.69, 9.17) is 4.74 Å². The quantitative estimate of drug-likeness (QED) is 0.859. The van der Waals surface area contributed by atoms with E-state index in [1.54, 1.807) is 13.1 Å². The molecule has 0 spiro atoms. The summed E-state index contributed by atoms with van der Waals surface area (Å²) in [5, 5.41) is 3.06. The van der Waals surface area contributed by atoms with Crippen LogP contribution in [-0.2, 0) is 4.74 Å². The van der Waals surface area contributed by atoms with Crippen molar-refractivity contribution in [1.82, 2.24) is 5.32 Å². The summed E-state index contributed by atoms with van der Waals surface area (Å²) in [6.07, 6.45) is 3.91.